The molecule has 5 heteroatoms. The molecule has 0 fully saturated rings. The van der Waals surface area contributed by atoms with E-state index in [-0.39, 0.29) is 5.84 Å². The van der Waals surface area contributed by atoms with Crippen LogP contribution in [0.5, 0.6) is 0 Å². The summed E-state index contributed by atoms with van der Waals surface area (Å²) in [5.41, 5.74) is 7.41. The second-order valence-electron chi connectivity index (χ2n) is 3.53. The molecular formula is C11H16ClN3O. The smallest absolute Gasteiger partial charge is 0.139 e. The van der Waals surface area contributed by atoms with Crippen LogP contribution in [-0.4, -0.2) is 17.6 Å². The standard InChI is InChI=1S/C11H16ClN3O/c1-8-9(12)4-2-5-10(8)14-7-3-6-11(13)15-16/h2,4-5,14,16H,3,6-7H2,1H3,(H2,13,15). The van der Waals surface area contributed by atoms with Crippen molar-refractivity contribution in [2.24, 2.45) is 10.9 Å². The lowest BCUT2D eigenvalue weighted by Crippen LogP contribution is -2.13. The molecule has 0 amide bonds. The average Bonchev–Trinajstić information content (AvgIpc) is 2.29. The Balaban J connectivity index is 2.41. The van der Waals surface area contributed by atoms with Gasteiger partial charge in [-0.3, -0.25) is 0 Å². The second-order valence-corrected chi connectivity index (χ2v) is 3.94. The molecular weight excluding hydrogens is 226 g/mol. The normalized spacial score (nSPS) is 11.5. The van der Waals surface area contributed by atoms with Gasteiger partial charge in [0.25, 0.3) is 0 Å². The number of nitrogens with zero attached hydrogens (tertiary/aromatic N) is 1. The maximum atomic E-state index is 8.36. The maximum absolute atomic E-state index is 8.36. The van der Waals surface area contributed by atoms with Crippen molar-refractivity contribution in [2.75, 3.05) is 11.9 Å². The summed E-state index contributed by atoms with van der Waals surface area (Å²) >= 11 is 5.99. The quantitative estimate of drug-likeness (QED) is 0.244. The average molecular weight is 242 g/mol. The van der Waals surface area contributed by atoms with Crippen molar-refractivity contribution < 1.29 is 5.21 Å². The maximum Gasteiger partial charge on any atom is 0.139 e. The Morgan fingerprint density at radius 2 is 2.31 bits per heavy atom. The van der Waals surface area contributed by atoms with E-state index in [2.05, 4.69) is 10.5 Å². The first kappa shape index (κ1) is 12.6. The Bertz CT molecular complexity index is 379. The molecule has 0 aliphatic rings. The van der Waals surface area contributed by atoms with Crippen molar-refractivity contribution in [1.29, 1.82) is 0 Å². The topological polar surface area (TPSA) is 70.6 Å². The first-order valence-electron chi connectivity index (χ1n) is 5.10. The van der Waals surface area contributed by atoms with Crippen molar-refractivity contribution in [3.8, 4) is 0 Å². The van der Waals surface area contributed by atoms with Crippen LogP contribution in [0.25, 0.3) is 0 Å². The highest BCUT2D eigenvalue weighted by atomic mass is 35.5. The molecule has 1 rings (SSSR count). The number of hydrogen-bond donors (Lipinski definition) is 3. The predicted molar refractivity (Wildman–Crippen MR) is 67.3 cm³/mol. The van der Waals surface area contributed by atoms with Gasteiger partial charge in [0.05, 0.1) is 0 Å². The lowest BCUT2D eigenvalue weighted by atomic mass is 10.2. The van der Waals surface area contributed by atoms with Crippen molar-refractivity contribution >= 4 is 23.1 Å². The van der Waals surface area contributed by atoms with Gasteiger partial charge in [-0.1, -0.05) is 22.8 Å². The summed E-state index contributed by atoms with van der Waals surface area (Å²) in [5.74, 6) is 0.254. The SMILES string of the molecule is Cc1c(Cl)cccc1NCCCC(N)=NO. The summed E-state index contributed by atoms with van der Waals surface area (Å²) in [6, 6.07) is 5.74. The molecule has 4 N–H and O–H groups in total. The summed E-state index contributed by atoms with van der Waals surface area (Å²) in [5, 5.41) is 15.3. The van der Waals surface area contributed by atoms with Crippen LogP contribution < -0.4 is 11.1 Å². The van der Waals surface area contributed by atoms with Gasteiger partial charge in [-0.15, -0.1) is 0 Å². The zero-order valence-electron chi connectivity index (χ0n) is 9.20. The zero-order chi connectivity index (χ0) is 12.0. The molecule has 1 aromatic carbocycles. The van der Waals surface area contributed by atoms with E-state index in [1.54, 1.807) is 0 Å². The van der Waals surface area contributed by atoms with E-state index in [0.29, 0.717) is 6.42 Å². The third kappa shape index (κ3) is 3.62. The van der Waals surface area contributed by atoms with Crippen LogP contribution in [0.15, 0.2) is 23.4 Å². The molecule has 0 aromatic heterocycles. The Morgan fingerprint density at radius 1 is 1.56 bits per heavy atom. The first-order valence-corrected chi connectivity index (χ1v) is 5.48. The Hall–Kier alpha value is -1.42. The third-order valence-electron chi connectivity index (χ3n) is 2.32. The van der Waals surface area contributed by atoms with Crippen LogP contribution in [0.1, 0.15) is 18.4 Å². The van der Waals surface area contributed by atoms with Gasteiger partial charge in [-0.05, 0) is 31.0 Å². The number of nitrogens with one attached hydrogen (secondary N) is 1. The van der Waals surface area contributed by atoms with E-state index in [4.69, 9.17) is 22.5 Å². The van der Waals surface area contributed by atoms with Gasteiger partial charge >= 0.3 is 0 Å². The van der Waals surface area contributed by atoms with Gasteiger partial charge in [0.1, 0.15) is 5.84 Å². The fourth-order valence-electron chi connectivity index (χ4n) is 1.34. The van der Waals surface area contributed by atoms with Crippen LogP contribution in [-0.2, 0) is 0 Å². The predicted octanol–water partition coefficient (Wildman–Crippen LogP) is 2.59. The molecule has 0 aliphatic heterocycles. The van der Waals surface area contributed by atoms with Crippen LogP contribution in [0.3, 0.4) is 0 Å². The van der Waals surface area contributed by atoms with Crippen LogP contribution in [0.4, 0.5) is 5.69 Å². The van der Waals surface area contributed by atoms with Crippen molar-refractivity contribution in [1.82, 2.24) is 0 Å². The Labute approximate surface area is 100 Å². The van der Waals surface area contributed by atoms with E-state index in [1.165, 1.54) is 0 Å². The minimum atomic E-state index is 0.254. The molecule has 0 heterocycles. The summed E-state index contributed by atoms with van der Waals surface area (Å²) in [6.45, 7) is 2.73. The molecule has 16 heavy (non-hydrogen) atoms. The zero-order valence-corrected chi connectivity index (χ0v) is 9.96. The number of amidine groups is 1. The van der Waals surface area contributed by atoms with Gasteiger partial charge < -0.3 is 16.3 Å². The number of rotatable bonds is 5. The van der Waals surface area contributed by atoms with Crippen LogP contribution in [0.2, 0.25) is 5.02 Å². The van der Waals surface area contributed by atoms with E-state index in [9.17, 15) is 0 Å². The molecule has 0 saturated heterocycles. The molecule has 0 spiro atoms. The molecule has 0 saturated carbocycles. The number of benzene rings is 1. The van der Waals surface area contributed by atoms with Gasteiger partial charge in [0.2, 0.25) is 0 Å². The van der Waals surface area contributed by atoms with E-state index < -0.39 is 0 Å². The second kappa shape index (κ2) is 6.23. The van der Waals surface area contributed by atoms with Gasteiger partial charge in [-0.2, -0.15) is 0 Å². The fraction of sp³-hybridized carbons (Fsp3) is 0.364. The van der Waals surface area contributed by atoms with Crippen molar-refractivity contribution in [3.05, 3.63) is 28.8 Å². The van der Waals surface area contributed by atoms with E-state index in [1.807, 2.05) is 25.1 Å². The minimum absolute atomic E-state index is 0.254. The van der Waals surface area contributed by atoms with Crippen LogP contribution in [0, 0.1) is 6.92 Å². The number of halogens is 1. The van der Waals surface area contributed by atoms with Gasteiger partial charge in [-0.25, -0.2) is 0 Å². The molecule has 0 aliphatic carbocycles. The minimum Gasteiger partial charge on any atom is -0.409 e. The first-order chi connectivity index (χ1) is 7.65. The number of hydrogen-bond acceptors (Lipinski definition) is 3. The molecule has 0 unspecified atom stereocenters. The molecule has 0 atom stereocenters. The van der Waals surface area contributed by atoms with E-state index >= 15 is 0 Å². The lowest BCUT2D eigenvalue weighted by molar-refractivity contribution is 0.316. The molecule has 88 valence electrons. The molecule has 0 radical (unpaired) electrons. The van der Waals surface area contributed by atoms with Crippen molar-refractivity contribution in [3.63, 3.8) is 0 Å². The van der Waals surface area contributed by atoms with E-state index in [0.717, 1.165) is 29.2 Å². The summed E-state index contributed by atoms with van der Waals surface area (Å²) in [4.78, 5) is 0. The van der Waals surface area contributed by atoms with Crippen molar-refractivity contribution in [2.45, 2.75) is 19.8 Å². The Kier molecular flexibility index (Phi) is 4.92. The third-order valence-corrected chi connectivity index (χ3v) is 2.73. The largest absolute Gasteiger partial charge is 0.409 e. The number of anilines is 1. The van der Waals surface area contributed by atoms with Gasteiger partial charge in [0, 0.05) is 23.7 Å². The fourth-order valence-corrected chi connectivity index (χ4v) is 1.52. The lowest BCUT2D eigenvalue weighted by Gasteiger charge is -2.10. The highest BCUT2D eigenvalue weighted by molar-refractivity contribution is 6.31. The summed E-state index contributed by atoms with van der Waals surface area (Å²) in [7, 11) is 0. The van der Waals surface area contributed by atoms with Crippen LogP contribution >= 0.6 is 11.6 Å². The number of nitrogens with two attached hydrogens (primary N) is 1. The Morgan fingerprint density at radius 3 is 3.00 bits per heavy atom. The molecule has 1 aromatic rings. The van der Waals surface area contributed by atoms with Gasteiger partial charge in [0.15, 0.2) is 0 Å². The summed E-state index contributed by atoms with van der Waals surface area (Å²) in [6.07, 6.45) is 1.38. The molecule has 0 bridgehead atoms. The highest BCUT2D eigenvalue weighted by Crippen LogP contribution is 2.22. The molecule has 4 nitrogen and oxygen atoms in total. The number of oxime groups is 1. The summed E-state index contributed by atoms with van der Waals surface area (Å²) < 4.78 is 0. The monoisotopic (exact) mass is 241 g/mol. The highest BCUT2D eigenvalue weighted by Gasteiger charge is 2.01.